The molecule has 1 aromatic rings. The third kappa shape index (κ3) is 5.33. The Labute approximate surface area is 113 Å². The molecule has 0 aromatic carbocycles. The van der Waals surface area contributed by atoms with Crippen molar-refractivity contribution in [2.45, 2.75) is 13.3 Å². The molecule has 0 saturated heterocycles. The molecular formula is C10H15N5O5. The zero-order valence-corrected chi connectivity index (χ0v) is 10.8. The normalized spacial score (nSPS) is 10.1. The van der Waals surface area contributed by atoms with Crippen LogP contribution >= 0.6 is 0 Å². The molecule has 0 radical (unpaired) electrons. The molecule has 10 nitrogen and oxygen atoms in total. The molecule has 1 heterocycles. The first kappa shape index (κ1) is 15.4. The number of carboxylic acids is 1. The molecule has 20 heavy (non-hydrogen) atoms. The molecule has 3 amide bonds. The van der Waals surface area contributed by atoms with Crippen molar-refractivity contribution in [2.24, 2.45) is 5.73 Å². The summed E-state index contributed by atoms with van der Waals surface area (Å²) in [6, 6.07) is -0.702. The minimum Gasteiger partial charge on any atom is -0.480 e. The Morgan fingerprint density at radius 3 is 2.60 bits per heavy atom. The molecule has 1 rings (SSSR count). The topological polar surface area (TPSA) is 152 Å². The number of hydrogen-bond donors (Lipinski definition) is 3. The second kappa shape index (κ2) is 7.07. The van der Waals surface area contributed by atoms with Gasteiger partial charge in [-0.1, -0.05) is 5.16 Å². The Bertz CT molecular complexity index is 484. The molecule has 4 N–H and O–H groups in total. The van der Waals surface area contributed by atoms with Crippen molar-refractivity contribution in [3.8, 4) is 0 Å². The van der Waals surface area contributed by atoms with E-state index in [1.807, 2.05) is 0 Å². The lowest BCUT2D eigenvalue weighted by molar-refractivity contribution is -0.137. The van der Waals surface area contributed by atoms with Gasteiger partial charge in [0.05, 0.1) is 0 Å². The van der Waals surface area contributed by atoms with Crippen molar-refractivity contribution in [3.05, 3.63) is 11.7 Å². The van der Waals surface area contributed by atoms with E-state index in [-0.39, 0.29) is 6.54 Å². The number of carbonyl (C=O) groups excluding carboxylic acids is 2. The maximum atomic E-state index is 11.7. The lowest BCUT2D eigenvalue weighted by atomic mass is 10.4. The van der Waals surface area contributed by atoms with Gasteiger partial charge in [-0.25, -0.2) is 4.79 Å². The van der Waals surface area contributed by atoms with Gasteiger partial charge in [-0.3, -0.25) is 9.59 Å². The number of rotatable bonds is 7. The van der Waals surface area contributed by atoms with E-state index in [1.54, 1.807) is 6.92 Å². The van der Waals surface area contributed by atoms with Crippen LogP contribution in [0.2, 0.25) is 0 Å². The van der Waals surface area contributed by atoms with Crippen LogP contribution in [-0.4, -0.2) is 57.7 Å². The van der Waals surface area contributed by atoms with Gasteiger partial charge in [0.1, 0.15) is 13.1 Å². The van der Waals surface area contributed by atoms with Gasteiger partial charge in [0.15, 0.2) is 5.82 Å². The first-order chi connectivity index (χ1) is 9.38. The van der Waals surface area contributed by atoms with Gasteiger partial charge in [0.2, 0.25) is 11.8 Å². The molecule has 0 spiro atoms. The van der Waals surface area contributed by atoms with Gasteiger partial charge in [0, 0.05) is 19.9 Å². The fraction of sp³-hybridized carbons (Fsp3) is 0.500. The third-order valence-electron chi connectivity index (χ3n) is 2.15. The highest BCUT2D eigenvalue weighted by atomic mass is 16.5. The summed E-state index contributed by atoms with van der Waals surface area (Å²) in [5, 5.41) is 14.7. The molecule has 0 aliphatic carbocycles. The fourth-order valence-electron chi connectivity index (χ4n) is 1.39. The summed E-state index contributed by atoms with van der Waals surface area (Å²) >= 11 is 0. The molecule has 10 heteroatoms. The molecule has 0 aliphatic rings. The number of urea groups is 1. The molecular weight excluding hydrogens is 270 g/mol. The second-order valence-corrected chi connectivity index (χ2v) is 3.93. The first-order valence-electron chi connectivity index (χ1n) is 5.70. The minimum absolute atomic E-state index is 0.173. The zero-order valence-electron chi connectivity index (χ0n) is 10.8. The average Bonchev–Trinajstić information content (AvgIpc) is 2.73. The number of aromatic nitrogens is 2. The van der Waals surface area contributed by atoms with Crippen LogP contribution < -0.4 is 11.1 Å². The van der Waals surface area contributed by atoms with Crippen LogP contribution in [0.25, 0.3) is 0 Å². The highest BCUT2D eigenvalue weighted by Gasteiger charge is 2.18. The average molecular weight is 285 g/mol. The van der Waals surface area contributed by atoms with E-state index in [0.717, 1.165) is 4.90 Å². The molecule has 0 saturated carbocycles. The molecule has 0 atom stereocenters. The van der Waals surface area contributed by atoms with Gasteiger partial charge < -0.3 is 25.6 Å². The lowest BCUT2D eigenvalue weighted by Gasteiger charge is -2.19. The summed E-state index contributed by atoms with van der Waals surface area (Å²) in [7, 11) is 0. The largest absolute Gasteiger partial charge is 0.480 e. The maximum absolute atomic E-state index is 11.7. The molecule has 0 unspecified atom stereocenters. The Hall–Kier alpha value is -2.65. The van der Waals surface area contributed by atoms with Crippen LogP contribution in [0, 0.1) is 6.92 Å². The van der Waals surface area contributed by atoms with Crippen LogP contribution in [-0.2, 0) is 16.0 Å². The lowest BCUT2D eigenvalue weighted by Crippen LogP contribution is -2.47. The summed E-state index contributed by atoms with van der Waals surface area (Å²) in [4.78, 5) is 37.8. The number of carbonyl (C=O) groups is 3. The number of primary amides is 1. The number of nitrogens with two attached hydrogens (primary N) is 1. The molecule has 0 bridgehead atoms. The number of aryl methyl sites for hydroxylation is 1. The van der Waals surface area contributed by atoms with E-state index >= 15 is 0 Å². The van der Waals surface area contributed by atoms with Crippen LogP contribution in [0.1, 0.15) is 11.7 Å². The Balaban J connectivity index is 2.44. The first-order valence-corrected chi connectivity index (χ1v) is 5.70. The molecule has 0 fully saturated rings. The van der Waals surface area contributed by atoms with Crippen molar-refractivity contribution in [1.29, 1.82) is 0 Å². The fourth-order valence-corrected chi connectivity index (χ4v) is 1.39. The number of hydrogen-bond acceptors (Lipinski definition) is 6. The van der Waals surface area contributed by atoms with Crippen LogP contribution in [0.5, 0.6) is 0 Å². The van der Waals surface area contributed by atoms with E-state index in [2.05, 4.69) is 15.5 Å². The maximum Gasteiger partial charge on any atom is 0.323 e. The summed E-state index contributed by atoms with van der Waals surface area (Å²) in [5.41, 5.74) is 4.94. The van der Waals surface area contributed by atoms with Gasteiger partial charge in [-0.2, -0.15) is 4.98 Å². The zero-order chi connectivity index (χ0) is 15.1. The summed E-state index contributed by atoms with van der Waals surface area (Å²) in [6.07, 6.45) is 0.320. The minimum atomic E-state index is -1.24. The van der Waals surface area contributed by atoms with Gasteiger partial charge in [-0.15, -0.1) is 0 Å². The van der Waals surface area contributed by atoms with Crippen LogP contribution in [0.4, 0.5) is 4.79 Å². The van der Waals surface area contributed by atoms with Crippen molar-refractivity contribution < 1.29 is 24.0 Å². The number of carboxylic acid groups (broad SMARTS) is 1. The van der Waals surface area contributed by atoms with E-state index in [1.165, 1.54) is 0 Å². The van der Waals surface area contributed by atoms with E-state index < -0.39 is 31.0 Å². The number of nitrogens with one attached hydrogen (secondary N) is 1. The van der Waals surface area contributed by atoms with Crippen LogP contribution in [0.15, 0.2) is 4.52 Å². The van der Waals surface area contributed by atoms with Crippen molar-refractivity contribution >= 4 is 17.9 Å². The molecule has 0 aliphatic heterocycles. The molecule has 110 valence electrons. The van der Waals surface area contributed by atoms with Crippen LogP contribution in [0.3, 0.4) is 0 Å². The summed E-state index contributed by atoms with van der Waals surface area (Å²) < 4.78 is 4.75. The monoisotopic (exact) mass is 285 g/mol. The summed E-state index contributed by atoms with van der Waals surface area (Å²) in [5.74, 6) is -1.21. The van der Waals surface area contributed by atoms with Crippen molar-refractivity contribution in [3.63, 3.8) is 0 Å². The number of amides is 3. The predicted molar refractivity (Wildman–Crippen MR) is 64.5 cm³/mol. The van der Waals surface area contributed by atoms with Gasteiger partial charge >= 0.3 is 12.0 Å². The van der Waals surface area contributed by atoms with Crippen molar-refractivity contribution in [2.75, 3.05) is 19.6 Å². The van der Waals surface area contributed by atoms with Crippen molar-refractivity contribution in [1.82, 2.24) is 20.4 Å². The molecule has 1 aromatic heterocycles. The Morgan fingerprint density at radius 2 is 2.10 bits per heavy atom. The Morgan fingerprint density at radius 1 is 1.40 bits per heavy atom. The number of aliphatic carboxylic acids is 1. The Kier molecular flexibility index (Phi) is 5.44. The van der Waals surface area contributed by atoms with Gasteiger partial charge in [0.25, 0.3) is 0 Å². The van der Waals surface area contributed by atoms with E-state index in [0.29, 0.717) is 18.1 Å². The smallest absolute Gasteiger partial charge is 0.323 e. The van der Waals surface area contributed by atoms with E-state index in [9.17, 15) is 14.4 Å². The number of nitrogens with zero attached hydrogens (tertiary/aromatic N) is 3. The quantitative estimate of drug-likeness (QED) is 0.551. The second-order valence-electron chi connectivity index (χ2n) is 3.93. The summed E-state index contributed by atoms with van der Waals surface area (Å²) in [6.45, 7) is 0.721. The highest BCUT2D eigenvalue weighted by Crippen LogP contribution is 1.95. The van der Waals surface area contributed by atoms with E-state index in [4.69, 9.17) is 15.4 Å². The highest BCUT2D eigenvalue weighted by molar-refractivity contribution is 5.85. The van der Waals surface area contributed by atoms with Gasteiger partial charge in [-0.05, 0) is 0 Å². The predicted octanol–water partition coefficient (Wildman–Crippen LogP) is -1.50. The standard InChI is InChI=1S/C10H15N5O5/c1-6-13-8(14-20-6)2-3-12-10(19)15(4-7(11)16)5-9(17)18/h2-5H2,1H3,(H2,11,16)(H,12,19)(H,17,18). The SMILES string of the molecule is Cc1nc(CCNC(=O)N(CC(N)=O)CC(=O)O)no1. The third-order valence-corrected chi connectivity index (χ3v) is 2.15.